The molecule has 0 radical (unpaired) electrons. The number of aryl methyl sites for hydroxylation is 2. The van der Waals surface area contributed by atoms with E-state index in [0.29, 0.717) is 24.1 Å². The second-order valence-electron chi connectivity index (χ2n) is 9.06. The van der Waals surface area contributed by atoms with Gasteiger partial charge in [-0.05, 0) is 49.1 Å². The molecule has 2 aliphatic heterocycles. The minimum Gasteiger partial charge on any atom is -0.357 e. The van der Waals surface area contributed by atoms with Crippen LogP contribution in [0.15, 0.2) is 60.8 Å². The van der Waals surface area contributed by atoms with Crippen molar-refractivity contribution in [2.45, 2.75) is 26.4 Å². The number of hydrogen-bond acceptors (Lipinski definition) is 2. The van der Waals surface area contributed by atoms with E-state index >= 15 is 0 Å². The predicted molar refractivity (Wildman–Crippen MR) is 119 cm³/mol. The minimum absolute atomic E-state index is 0.0364. The number of carbonyl (C=O) groups excluding carboxylic acids is 1. The molecule has 0 bridgehead atoms. The number of hydrogen-bond donors (Lipinski definition) is 1. The normalized spacial score (nSPS) is 23.3. The molecule has 31 heavy (non-hydrogen) atoms. The van der Waals surface area contributed by atoms with Crippen LogP contribution in [0.3, 0.4) is 0 Å². The third kappa shape index (κ3) is 3.68. The van der Waals surface area contributed by atoms with Crippen LogP contribution in [-0.4, -0.2) is 40.3 Å². The summed E-state index contributed by atoms with van der Waals surface area (Å²) in [5.41, 5.74) is 4.90. The van der Waals surface area contributed by atoms with Gasteiger partial charge < -0.3 is 9.88 Å². The number of H-pyrrole nitrogens is 1. The standard InChI is InChI=1S/C26H28FN3O/c1-17-9-10-23(27)19(12-17)13-29-14-20-15-30(26(31)24-8-5-11-28-24)25(22(20)16-29)21-7-4-3-6-18(21)2/h3-12,20,22,25,28H,13-16H2,1-2H3/t20-,22-,25+/m0/s1. The van der Waals surface area contributed by atoms with Crippen molar-refractivity contribution in [3.8, 4) is 0 Å². The highest BCUT2D eigenvalue weighted by Crippen LogP contribution is 2.46. The molecule has 5 heteroatoms. The van der Waals surface area contributed by atoms with Gasteiger partial charge in [0.1, 0.15) is 11.5 Å². The SMILES string of the molecule is Cc1ccc(F)c(CN2C[C@H]3CN(C(=O)c4ccc[nH]4)[C@H](c4ccccc4C)[C@H]3C2)c1. The molecule has 1 aromatic heterocycles. The van der Waals surface area contributed by atoms with Gasteiger partial charge in [-0.2, -0.15) is 0 Å². The van der Waals surface area contributed by atoms with Crippen molar-refractivity contribution in [2.24, 2.45) is 11.8 Å². The summed E-state index contributed by atoms with van der Waals surface area (Å²) < 4.78 is 14.3. The first kappa shape index (κ1) is 20.0. The molecule has 3 atom stereocenters. The largest absolute Gasteiger partial charge is 0.357 e. The van der Waals surface area contributed by atoms with E-state index in [1.165, 1.54) is 11.1 Å². The van der Waals surface area contributed by atoms with E-state index in [-0.39, 0.29) is 17.8 Å². The second kappa shape index (κ2) is 7.97. The Morgan fingerprint density at radius 2 is 1.90 bits per heavy atom. The Bertz CT molecular complexity index is 1090. The lowest BCUT2D eigenvalue weighted by molar-refractivity contribution is 0.0694. The zero-order valence-electron chi connectivity index (χ0n) is 18.0. The van der Waals surface area contributed by atoms with Gasteiger partial charge in [0.15, 0.2) is 0 Å². The molecule has 2 aliphatic rings. The van der Waals surface area contributed by atoms with E-state index in [0.717, 1.165) is 30.8 Å². The molecule has 4 nitrogen and oxygen atoms in total. The summed E-state index contributed by atoms with van der Waals surface area (Å²) in [6.07, 6.45) is 1.80. The van der Waals surface area contributed by atoms with Gasteiger partial charge in [0, 0.05) is 43.9 Å². The first-order valence-corrected chi connectivity index (χ1v) is 11.0. The van der Waals surface area contributed by atoms with Crippen LogP contribution in [0.25, 0.3) is 0 Å². The molecule has 0 unspecified atom stereocenters. The number of carbonyl (C=O) groups is 1. The van der Waals surface area contributed by atoms with Crippen molar-refractivity contribution in [1.82, 2.24) is 14.8 Å². The quantitative estimate of drug-likeness (QED) is 0.667. The molecule has 160 valence electrons. The number of fused-ring (bicyclic) bond motifs is 1. The van der Waals surface area contributed by atoms with Crippen molar-refractivity contribution in [3.05, 3.63) is 94.6 Å². The summed E-state index contributed by atoms with van der Waals surface area (Å²) in [6, 6.07) is 17.5. The third-order valence-electron chi connectivity index (χ3n) is 6.93. The topological polar surface area (TPSA) is 39.3 Å². The van der Waals surface area contributed by atoms with Crippen LogP contribution in [0, 0.1) is 31.5 Å². The van der Waals surface area contributed by atoms with Crippen molar-refractivity contribution in [2.75, 3.05) is 19.6 Å². The summed E-state index contributed by atoms with van der Waals surface area (Å²) >= 11 is 0. The molecule has 2 aromatic carbocycles. The van der Waals surface area contributed by atoms with Gasteiger partial charge in [0.2, 0.25) is 0 Å². The Morgan fingerprint density at radius 1 is 1.06 bits per heavy atom. The molecule has 0 aliphatic carbocycles. The van der Waals surface area contributed by atoms with E-state index in [4.69, 9.17) is 0 Å². The number of nitrogens with one attached hydrogen (secondary N) is 1. The maximum absolute atomic E-state index is 14.3. The number of rotatable bonds is 4. The molecule has 3 aromatic rings. The summed E-state index contributed by atoms with van der Waals surface area (Å²) in [6.45, 7) is 7.22. The molecule has 0 saturated carbocycles. The number of benzene rings is 2. The maximum atomic E-state index is 14.3. The monoisotopic (exact) mass is 417 g/mol. The van der Waals surface area contributed by atoms with Crippen LogP contribution in [0.2, 0.25) is 0 Å². The van der Waals surface area contributed by atoms with Crippen molar-refractivity contribution < 1.29 is 9.18 Å². The van der Waals surface area contributed by atoms with Gasteiger partial charge in [-0.1, -0.05) is 42.0 Å². The van der Waals surface area contributed by atoms with Gasteiger partial charge in [0.25, 0.3) is 5.91 Å². The van der Waals surface area contributed by atoms with Crippen molar-refractivity contribution >= 4 is 5.91 Å². The lowest BCUT2D eigenvalue weighted by atomic mass is 9.87. The highest BCUT2D eigenvalue weighted by Gasteiger charge is 2.49. The van der Waals surface area contributed by atoms with Crippen LogP contribution in [0.4, 0.5) is 4.39 Å². The Labute approximate surface area is 182 Å². The Hall–Kier alpha value is -2.92. The number of likely N-dealkylation sites (tertiary alicyclic amines) is 2. The molecule has 3 heterocycles. The number of halogens is 1. The van der Waals surface area contributed by atoms with Gasteiger partial charge in [-0.25, -0.2) is 4.39 Å². The summed E-state index contributed by atoms with van der Waals surface area (Å²) in [5.74, 6) is 0.648. The summed E-state index contributed by atoms with van der Waals surface area (Å²) in [7, 11) is 0. The Kier molecular flexibility index (Phi) is 5.14. The van der Waals surface area contributed by atoms with E-state index < -0.39 is 0 Å². The Morgan fingerprint density at radius 3 is 2.68 bits per heavy atom. The van der Waals surface area contributed by atoms with Crippen LogP contribution in [0.1, 0.15) is 38.8 Å². The third-order valence-corrected chi connectivity index (χ3v) is 6.93. The van der Waals surface area contributed by atoms with Crippen molar-refractivity contribution in [1.29, 1.82) is 0 Å². The van der Waals surface area contributed by atoms with Crippen LogP contribution in [0.5, 0.6) is 0 Å². The van der Waals surface area contributed by atoms with Gasteiger partial charge in [-0.3, -0.25) is 9.69 Å². The fourth-order valence-electron chi connectivity index (χ4n) is 5.48. The van der Waals surface area contributed by atoms with Crippen LogP contribution in [-0.2, 0) is 6.54 Å². The minimum atomic E-state index is -0.137. The first-order valence-electron chi connectivity index (χ1n) is 11.0. The lowest BCUT2D eigenvalue weighted by Gasteiger charge is -2.31. The number of nitrogens with zero attached hydrogens (tertiary/aromatic N) is 2. The smallest absolute Gasteiger partial charge is 0.270 e. The highest BCUT2D eigenvalue weighted by atomic mass is 19.1. The van der Waals surface area contributed by atoms with Crippen LogP contribution >= 0.6 is 0 Å². The number of amides is 1. The molecule has 2 fully saturated rings. The van der Waals surface area contributed by atoms with Gasteiger partial charge >= 0.3 is 0 Å². The van der Waals surface area contributed by atoms with Crippen molar-refractivity contribution in [3.63, 3.8) is 0 Å². The molecular formula is C26H28FN3O. The fraction of sp³-hybridized carbons (Fsp3) is 0.346. The maximum Gasteiger partial charge on any atom is 0.270 e. The van der Waals surface area contributed by atoms with Crippen LogP contribution < -0.4 is 0 Å². The second-order valence-corrected chi connectivity index (χ2v) is 9.06. The van der Waals surface area contributed by atoms with Gasteiger partial charge in [0.05, 0.1) is 6.04 Å². The van der Waals surface area contributed by atoms with E-state index in [2.05, 4.69) is 35.0 Å². The molecule has 0 spiro atoms. The summed E-state index contributed by atoms with van der Waals surface area (Å²) in [5, 5.41) is 0. The molecule has 5 rings (SSSR count). The van der Waals surface area contributed by atoms with E-state index in [9.17, 15) is 9.18 Å². The average Bonchev–Trinajstić information content (AvgIpc) is 3.47. The van der Waals surface area contributed by atoms with Gasteiger partial charge in [-0.15, -0.1) is 0 Å². The zero-order chi connectivity index (χ0) is 21.5. The summed E-state index contributed by atoms with van der Waals surface area (Å²) in [4.78, 5) is 20.8. The number of aromatic nitrogens is 1. The molecule has 2 saturated heterocycles. The number of aromatic amines is 1. The Balaban J connectivity index is 1.43. The van der Waals surface area contributed by atoms with E-state index in [1.54, 1.807) is 12.3 Å². The lowest BCUT2D eigenvalue weighted by Crippen LogP contribution is -2.36. The molecule has 1 N–H and O–H groups in total. The highest BCUT2D eigenvalue weighted by molar-refractivity contribution is 5.93. The first-order chi connectivity index (χ1) is 15.0. The molecular weight excluding hydrogens is 389 g/mol. The van der Waals surface area contributed by atoms with E-state index in [1.807, 2.05) is 42.2 Å². The fourth-order valence-corrected chi connectivity index (χ4v) is 5.48. The zero-order valence-corrected chi connectivity index (χ0v) is 18.0. The average molecular weight is 418 g/mol. The predicted octanol–water partition coefficient (Wildman–Crippen LogP) is 4.72. The molecule has 1 amide bonds.